The van der Waals surface area contributed by atoms with Crippen molar-refractivity contribution in [2.75, 3.05) is 12.8 Å². The summed E-state index contributed by atoms with van der Waals surface area (Å²) in [5.41, 5.74) is 3.08. The summed E-state index contributed by atoms with van der Waals surface area (Å²) in [5.74, 6) is -1.14. The smallest absolute Gasteiger partial charge is 0.427 e. The van der Waals surface area contributed by atoms with E-state index in [1.165, 1.54) is 33.3 Å². The van der Waals surface area contributed by atoms with Gasteiger partial charge in [0.05, 0.1) is 19.5 Å². The number of rotatable bonds is 2. The molecule has 11 nitrogen and oxygen atoms in total. The van der Waals surface area contributed by atoms with Gasteiger partial charge in [0.15, 0.2) is 17.1 Å². The normalized spacial score (nSPS) is 10.1. The fourth-order valence-electron chi connectivity index (χ4n) is 2.10. The van der Waals surface area contributed by atoms with Crippen LogP contribution in [-0.4, -0.2) is 31.9 Å². The Morgan fingerprint density at radius 1 is 1.06 bits per heavy atom. The molecular weight excluding hydrogens is 418 g/mol. The maximum atomic E-state index is 13.4. The molecule has 3 rings (SSSR count). The Balaban J connectivity index is 0.000000285. The largest absolute Gasteiger partial charge is 0.497 e. The molecule has 0 aliphatic rings. The van der Waals surface area contributed by atoms with Crippen molar-refractivity contribution >= 4 is 11.9 Å². The van der Waals surface area contributed by atoms with Gasteiger partial charge in [-0.3, -0.25) is 14.5 Å². The van der Waals surface area contributed by atoms with Crippen molar-refractivity contribution in [1.29, 1.82) is 5.41 Å². The highest BCUT2D eigenvalue weighted by atomic mass is 19.1. The van der Waals surface area contributed by atoms with Crippen LogP contribution in [0.25, 0.3) is 0 Å². The van der Waals surface area contributed by atoms with E-state index in [0.29, 0.717) is 21.1 Å². The highest BCUT2D eigenvalue weighted by Gasteiger charge is 2.14. The molecule has 0 spiro atoms. The molecule has 0 fully saturated rings. The maximum Gasteiger partial charge on any atom is 0.427 e. The lowest BCUT2D eigenvalue weighted by atomic mass is 10.3. The van der Waals surface area contributed by atoms with Crippen molar-refractivity contribution in [1.82, 2.24) is 18.7 Å². The van der Waals surface area contributed by atoms with Crippen molar-refractivity contribution in [3.63, 3.8) is 0 Å². The summed E-state index contributed by atoms with van der Waals surface area (Å²) in [6, 6.07) is 6.08. The van der Waals surface area contributed by atoms with Crippen LogP contribution in [-0.2, 0) is 14.1 Å². The van der Waals surface area contributed by atoms with Crippen LogP contribution in [0.15, 0.2) is 46.2 Å². The van der Waals surface area contributed by atoms with Crippen molar-refractivity contribution in [2.45, 2.75) is 0 Å². The number of nitrogen functional groups attached to an aromatic ring is 1. The van der Waals surface area contributed by atoms with E-state index in [2.05, 4.69) is 4.98 Å². The van der Waals surface area contributed by atoms with Crippen molar-refractivity contribution in [3.8, 4) is 11.5 Å². The number of halogens is 2. The molecule has 3 aromatic rings. The third-order valence-electron chi connectivity index (χ3n) is 3.94. The molecule has 0 atom stereocenters. The van der Waals surface area contributed by atoms with Gasteiger partial charge in [0, 0.05) is 14.1 Å². The summed E-state index contributed by atoms with van der Waals surface area (Å²) in [4.78, 5) is 37.5. The Morgan fingerprint density at radius 3 is 2.19 bits per heavy atom. The zero-order valence-electron chi connectivity index (χ0n) is 16.6. The summed E-state index contributed by atoms with van der Waals surface area (Å²) < 4.78 is 37.8. The summed E-state index contributed by atoms with van der Waals surface area (Å²) in [6.07, 6.45) is 0.355. The molecule has 0 radical (unpaired) electrons. The van der Waals surface area contributed by atoms with Crippen LogP contribution in [0.3, 0.4) is 0 Å². The molecule has 0 unspecified atom stereocenters. The summed E-state index contributed by atoms with van der Waals surface area (Å²) >= 11 is 0. The molecule has 0 amide bonds. The number of ether oxygens (including phenoxy) is 2. The van der Waals surface area contributed by atoms with Crippen LogP contribution in [0.2, 0.25) is 0 Å². The van der Waals surface area contributed by atoms with Crippen molar-refractivity contribution in [3.05, 3.63) is 74.7 Å². The van der Waals surface area contributed by atoms with E-state index in [9.17, 15) is 23.2 Å². The molecule has 164 valence electrons. The first-order valence-corrected chi connectivity index (χ1v) is 8.42. The quantitative estimate of drug-likeness (QED) is 0.590. The van der Waals surface area contributed by atoms with Crippen LogP contribution < -0.4 is 32.1 Å². The van der Waals surface area contributed by atoms with Gasteiger partial charge in [0.1, 0.15) is 17.3 Å². The monoisotopic (exact) mass is 436 g/mol. The lowest BCUT2D eigenvalue weighted by Gasteiger charge is -2.08. The second-order valence-electron chi connectivity index (χ2n) is 5.91. The molecule has 3 N–H and O–H groups in total. The number of hydrogen-bond donors (Lipinski definition) is 2. The van der Waals surface area contributed by atoms with E-state index in [1.807, 2.05) is 0 Å². The SMILES string of the molecule is COc1ccc(OC(=O)n2cc(F)c(=N)n(C)c2=O)cc1.Cn1c(N)c(F)cnc1=O. The van der Waals surface area contributed by atoms with E-state index < -0.39 is 34.6 Å². The minimum Gasteiger partial charge on any atom is -0.497 e. The second kappa shape index (κ2) is 9.47. The van der Waals surface area contributed by atoms with Crippen molar-refractivity contribution in [2.24, 2.45) is 14.1 Å². The lowest BCUT2D eigenvalue weighted by Crippen LogP contribution is -2.42. The van der Waals surface area contributed by atoms with Crippen LogP contribution in [0, 0.1) is 17.0 Å². The Morgan fingerprint density at radius 2 is 1.65 bits per heavy atom. The van der Waals surface area contributed by atoms with Crippen LogP contribution in [0.5, 0.6) is 11.5 Å². The first-order valence-electron chi connectivity index (χ1n) is 8.42. The number of nitrogens with two attached hydrogens (primary N) is 1. The summed E-state index contributed by atoms with van der Waals surface area (Å²) in [5, 5.41) is 7.30. The Hall–Kier alpha value is -4.29. The van der Waals surface area contributed by atoms with Gasteiger partial charge in [0.25, 0.3) is 0 Å². The average Bonchev–Trinajstić information content (AvgIpc) is 2.77. The zero-order valence-corrected chi connectivity index (χ0v) is 16.6. The molecule has 0 saturated carbocycles. The third-order valence-corrected chi connectivity index (χ3v) is 3.94. The number of nitrogens with one attached hydrogen (secondary N) is 1. The highest BCUT2D eigenvalue weighted by Crippen LogP contribution is 2.17. The van der Waals surface area contributed by atoms with E-state index >= 15 is 0 Å². The van der Waals surface area contributed by atoms with E-state index in [1.54, 1.807) is 12.1 Å². The molecule has 2 heterocycles. The van der Waals surface area contributed by atoms with Gasteiger partial charge in [-0.2, -0.15) is 9.55 Å². The predicted molar refractivity (Wildman–Crippen MR) is 104 cm³/mol. The fourth-order valence-corrected chi connectivity index (χ4v) is 2.10. The minimum atomic E-state index is -1.07. The number of nitrogens with zero attached hydrogens (tertiary/aromatic N) is 4. The number of aromatic nitrogens is 4. The predicted octanol–water partition coefficient (Wildman–Crippen LogP) is 0.363. The van der Waals surface area contributed by atoms with Gasteiger partial charge in [-0.15, -0.1) is 0 Å². The Labute approximate surface area is 173 Å². The Bertz CT molecular complexity index is 1280. The van der Waals surface area contributed by atoms with E-state index in [0.717, 1.165) is 10.8 Å². The fraction of sp³-hybridized carbons (Fsp3) is 0.167. The molecule has 0 aliphatic heterocycles. The number of carbonyl (C=O) groups is 1. The summed E-state index contributed by atoms with van der Waals surface area (Å²) in [7, 11) is 4.03. The first-order chi connectivity index (χ1) is 14.6. The molecule has 0 saturated heterocycles. The molecule has 31 heavy (non-hydrogen) atoms. The van der Waals surface area contributed by atoms with Gasteiger partial charge in [-0.1, -0.05) is 0 Å². The highest BCUT2D eigenvalue weighted by molar-refractivity contribution is 5.72. The molecule has 1 aromatic carbocycles. The van der Waals surface area contributed by atoms with Crippen LogP contribution in [0.1, 0.15) is 0 Å². The van der Waals surface area contributed by atoms with Gasteiger partial charge < -0.3 is 15.2 Å². The second-order valence-corrected chi connectivity index (χ2v) is 5.91. The van der Waals surface area contributed by atoms with Crippen LogP contribution in [0.4, 0.5) is 19.4 Å². The first kappa shape index (κ1) is 23.0. The lowest BCUT2D eigenvalue weighted by molar-refractivity contribution is 0.199. The van der Waals surface area contributed by atoms with Gasteiger partial charge in [-0.05, 0) is 24.3 Å². The topological polar surface area (TPSA) is 147 Å². The van der Waals surface area contributed by atoms with E-state index in [4.69, 9.17) is 20.6 Å². The number of hydrogen-bond acceptors (Lipinski definition) is 8. The molecule has 13 heteroatoms. The Kier molecular flexibility index (Phi) is 7.03. The number of anilines is 1. The zero-order chi connectivity index (χ0) is 23.3. The molecular formula is C18H18F2N6O5. The van der Waals surface area contributed by atoms with E-state index in [-0.39, 0.29) is 11.6 Å². The van der Waals surface area contributed by atoms with Crippen LogP contribution >= 0.6 is 0 Å². The maximum absolute atomic E-state index is 13.4. The van der Waals surface area contributed by atoms with Gasteiger partial charge >= 0.3 is 17.5 Å². The molecule has 2 aromatic heterocycles. The summed E-state index contributed by atoms with van der Waals surface area (Å²) in [6.45, 7) is 0. The molecule has 0 aliphatic carbocycles. The number of benzene rings is 1. The van der Waals surface area contributed by atoms with Gasteiger partial charge in [-0.25, -0.2) is 23.2 Å². The number of methoxy groups -OCH3 is 1. The number of carbonyl (C=O) groups excluding carboxylic acids is 1. The minimum absolute atomic E-state index is 0.172. The van der Waals surface area contributed by atoms with Gasteiger partial charge in [0.2, 0.25) is 0 Å². The molecule has 0 bridgehead atoms. The third kappa shape index (κ3) is 5.20. The van der Waals surface area contributed by atoms with Crippen molar-refractivity contribution < 1.29 is 23.0 Å². The average molecular weight is 436 g/mol. The standard InChI is InChI=1S/C13H12FN3O4.C5H6FN3O/c1-16-11(15)10(14)7-17(12(16)18)13(19)21-9-5-3-8(20-2)4-6-9;1-9-4(7)3(6)2-8-5(9)10/h3-7,15H,1-2H3;2H,7H2,1H3.